The van der Waals surface area contributed by atoms with Crippen molar-refractivity contribution in [1.82, 2.24) is 10.2 Å². The summed E-state index contributed by atoms with van der Waals surface area (Å²) < 4.78 is 5.51. The Bertz CT molecular complexity index is 554. The van der Waals surface area contributed by atoms with Crippen LogP contribution in [0, 0.1) is 0 Å². The number of morpholine rings is 1. The van der Waals surface area contributed by atoms with Gasteiger partial charge in [-0.05, 0) is 25.5 Å². The number of hydrogen-bond donors (Lipinski definition) is 1. The lowest BCUT2D eigenvalue weighted by Gasteiger charge is -2.34. The van der Waals surface area contributed by atoms with Gasteiger partial charge in [-0.25, -0.2) is 0 Å². The molecule has 5 heteroatoms. The smallest absolute Gasteiger partial charge is 0.251 e. The number of hydrogen-bond acceptors (Lipinski definition) is 3. The van der Waals surface area contributed by atoms with Crippen LogP contribution < -0.4 is 5.32 Å². The third-order valence-corrected chi connectivity index (χ3v) is 3.78. The van der Waals surface area contributed by atoms with Crippen LogP contribution in [0.25, 0.3) is 0 Å². The van der Waals surface area contributed by atoms with Crippen LogP contribution in [0.4, 0.5) is 0 Å². The fraction of sp³-hybridized carbons (Fsp3) is 0.412. The molecule has 22 heavy (non-hydrogen) atoms. The Kier molecular flexibility index (Phi) is 4.98. The van der Waals surface area contributed by atoms with Crippen LogP contribution in [0.2, 0.25) is 0 Å². The zero-order chi connectivity index (χ0) is 16.2. The minimum absolute atomic E-state index is 0.177. The van der Waals surface area contributed by atoms with Gasteiger partial charge in [-0.2, -0.15) is 0 Å². The second-order valence-corrected chi connectivity index (χ2v) is 5.83. The van der Waals surface area contributed by atoms with Gasteiger partial charge in [-0.1, -0.05) is 36.9 Å². The van der Waals surface area contributed by atoms with E-state index in [9.17, 15) is 9.59 Å². The topological polar surface area (TPSA) is 58.6 Å². The highest BCUT2D eigenvalue weighted by Gasteiger charge is 2.32. The van der Waals surface area contributed by atoms with E-state index >= 15 is 0 Å². The van der Waals surface area contributed by atoms with E-state index in [4.69, 9.17) is 4.74 Å². The van der Waals surface area contributed by atoms with Crippen molar-refractivity contribution in [3.63, 3.8) is 0 Å². The fourth-order valence-corrected chi connectivity index (χ4v) is 2.45. The molecule has 0 aromatic heterocycles. The Balaban J connectivity index is 2.02. The van der Waals surface area contributed by atoms with Crippen molar-refractivity contribution in [2.75, 3.05) is 19.7 Å². The lowest BCUT2D eigenvalue weighted by molar-refractivity contribution is -0.145. The summed E-state index contributed by atoms with van der Waals surface area (Å²) in [6, 6.07) is 9.74. The summed E-state index contributed by atoms with van der Waals surface area (Å²) in [5.41, 5.74) is 0.505. The van der Waals surface area contributed by atoms with Gasteiger partial charge in [-0.3, -0.25) is 9.59 Å². The number of nitrogens with zero attached hydrogens (tertiary/aromatic N) is 1. The molecule has 1 aromatic carbocycles. The second-order valence-electron chi connectivity index (χ2n) is 5.83. The summed E-state index contributed by atoms with van der Waals surface area (Å²) in [5, 5.41) is 2.99. The highest BCUT2D eigenvalue weighted by molar-refractivity contribution is 5.88. The molecule has 1 unspecified atom stereocenters. The molecule has 1 fully saturated rings. The van der Waals surface area contributed by atoms with Gasteiger partial charge in [0, 0.05) is 6.54 Å². The van der Waals surface area contributed by atoms with Crippen LogP contribution in [-0.4, -0.2) is 42.5 Å². The molecule has 1 N–H and O–H groups in total. The Morgan fingerprint density at radius 3 is 2.68 bits per heavy atom. The summed E-state index contributed by atoms with van der Waals surface area (Å²) >= 11 is 0. The van der Waals surface area contributed by atoms with Gasteiger partial charge in [0.05, 0.1) is 18.7 Å². The molecule has 0 aliphatic carbocycles. The summed E-state index contributed by atoms with van der Waals surface area (Å²) in [5.74, 6) is -0.390. The van der Waals surface area contributed by atoms with Gasteiger partial charge in [0.2, 0.25) is 5.91 Å². The number of ether oxygens (including phenoxy) is 1. The van der Waals surface area contributed by atoms with Gasteiger partial charge in [-0.15, -0.1) is 0 Å². The van der Waals surface area contributed by atoms with Crippen molar-refractivity contribution in [3.8, 4) is 0 Å². The highest BCUT2D eigenvalue weighted by atomic mass is 16.5. The second kappa shape index (κ2) is 6.75. The molecule has 0 saturated carbocycles. The van der Waals surface area contributed by atoms with Crippen LogP contribution >= 0.6 is 0 Å². The summed E-state index contributed by atoms with van der Waals surface area (Å²) in [6.07, 6.45) is 0.606. The molecule has 1 atom stereocenters. The van der Waals surface area contributed by atoms with E-state index in [1.165, 1.54) is 6.08 Å². The van der Waals surface area contributed by atoms with Gasteiger partial charge in [0.1, 0.15) is 0 Å². The van der Waals surface area contributed by atoms with Crippen molar-refractivity contribution < 1.29 is 14.3 Å². The molecule has 1 aromatic rings. The molecule has 118 valence electrons. The first-order valence-electron chi connectivity index (χ1n) is 7.34. The van der Waals surface area contributed by atoms with Crippen LogP contribution in [0.3, 0.4) is 0 Å². The zero-order valence-corrected chi connectivity index (χ0v) is 13.0. The Labute approximate surface area is 130 Å². The van der Waals surface area contributed by atoms with Crippen LogP contribution in [0.1, 0.15) is 19.4 Å². The average Bonchev–Trinajstić information content (AvgIpc) is 2.54. The molecule has 1 heterocycles. The van der Waals surface area contributed by atoms with Crippen LogP contribution in [-0.2, 0) is 19.9 Å². The van der Waals surface area contributed by atoms with E-state index in [0.717, 1.165) is 5.56 Å². The van der Waals surface area contributed by atoms with Crippen molar-refractivity contribution in [3.05, 3.63) is 48.6 Å². The fourth-order valence-electron chi connectivity index (χ4n) is 2.45. The number of amides is 2. The van der Waals surface area contributed by atoms with E-state index in [-0.39, 0.29) is 18.4 Å². The number of carbonyl (C=O) groups excluding carboxylic acids is 2. The molecule has 0 radical (unpaired) electrons. The molecule has 5 nitrogen and oxygen atoms in total. The summed E-state index contributed by atoms with van der Waals surface area (Å²) in [6.45, 7) is 8.44. The normalized spacial score (nSPS) is 18.6. The number of benzene rings is 1. The number of carbonyl (C=O) groups is 2. The molecule has 1 saturated heterocycles. The Hall–Kier alpha value is -2.14. The average molecular weight is 302 g/mol. The maximum absolute atomic E-state index is 12.4. The molecular formula is C17H22N2O3. The number of rotatable bonds is 4. The predicted molar refractivity (Wildman–Crippen MR) is 84.1 cm³/mol. The Morgan fingerprint density at radius 1 is 1.36 bits per heavy atom. The van der Waals surface area contributed by atoms with E-state index in [1.54, 1.807) is 4.90 Å². The van der Waals surface area contributed by atoms with E-state index in [1.807, 2.05) is 44.2 Å². The lowest BCUT2D eigenvalue weighted by Crippen LogP contribution is -2.54. The minimum atomic E-state index is -0.652. The molecule has 1 aliphatic heterocycles. The summed E-state index contributed by atoms with van der Waals surface area (Å²) in [4.78, 5) is 25.7. The van der Waals surface area contributed by atoms with Crippen molar-refractivity contribution >= 4 is 11.8 Å². The standard InChI is InChI=1S/C17H22N2O3/c1-4-15(20)19-10-11-22-14(12-19)16(21)18-17(2,3)13-8-6-5-7-9-13/h4-9,14H,1,10-12H2,2-3H3,(H,18,21). The summed E-state index contributed by atoms with van der Waals surface area (Å²) in [7, 11) is 0. The minimum Gasteiger partial charge on any atom is -0.365 e. The van der Waals surface area contributed by atoms with Gasteiger partial charge >= 0.3 is 0 Å². The molecule has 2 amide bonds. The maximum atomic E-state index is 12.4. The SMILES string of the molecule is C=CC(=O)N1CCOC(C(=O)NC(C)(C)c2ccccc2)C1. The monoisotopic (exact) mass is 302 g/mol. The van der Waals surface area contributed by atoms with Crippen LogP contribution in [0.15, 0.2) is 43.0 Å². The predicted octanol–water partition coefficient (Wildman–Crippen LogP) is 1.45. The van der Waals surface area contributed by atoms with E-state index < -0.39 is 11.6 Å². The number of nitrogens with one attached hydrogen (secondary N) is 1. The zero-order valence-electron chi connectivity index (χ0n) is 13.0. The first kappa shape index (κ1) is 16.2. The van der Waals surface area contributed by atoms with E-state index in [0.29, 0.717) is 13.2 Å². The van der Waals surface area contributed by atoms with Gasteiger partial charge in [0.25, 0.3) is 5.91 Å². The molecular weight excluding hydrogens is 280 g/mol. The molecule has 0 bridgehead atoms. The van der Waals surface area contributed by atoms with Crippen molar-refractivity contribution in [2.24, 2.45) is 0 Å². The van der Waals surface area contributed by atoms with E-state index in [2.05, 4.69) is 11.9 Å². The third-order valence-electron chi connectivity index (χ3n) is 3.78. The first-order chi connectivity index (χ1) is 10.4. The maximum Gasteiger partial charge on any atom is 0.251 e. The first-order valence-corrected chi connectivity index (χ1v) is 7.34. The molecule has 2 rings (SSSR count). The largest absolute Gasteiger partial charge is 0.365 e. The van der Waals surface area contributed by atoms with Crippen molar-refractivity contribution in [1.29, 1.82) is 0 Å². The van der Waals surface area contributed by atoms with Crippen LogP contribution in [0.5, 0.6) is 0 Å². The third kappa shape index (κ3) is 3.74. The Morgan fingerprint density at radius 2 is 2.05 bits per heavy atom. The molecule has 1 aliphatic rings. The van der Waals surface area contributed by atoms with Gasteiger partial charge < -0.3 is 15.0 Å². The lowest BCUT2D eigenvalue weighted by atomic mass is 9.94. The molecule has 0 spiro atoms. The quantitative estimate of drug-likeness (QED) is 0.857. The van der Waals surface area contributed by atoms with Gasteiger partial charge in [0.15, 0.2) is 6.10 Å². The highest BCUT2D eigenvalue weighted by Crippen LogP contribution is 2.20. The van der Waals surface area contributed by atoms with Crippen molar-refractivity contribution in [2.45, 2.75) is 25.5 Å².